The Kier molecular flexibility index (Phi) is 3.84. The van der Waals surface area contributed by atoms with Crippen LogP contribution in [-0.2, 0) is 0 Å². The Morgan fingerprint density at radius 3 is 2.32 bits per heavy atom. The number of nitriles is 1. The van der Waals surface area contributed by atoms with Crippen LogP contribution in [-0.4, -0.2) is 7.05 Å². The molecule has 0 aromatic heterocycles. The minimum atomic E-state index is 0.0331. The Labute approximate surface area is 113 Å². The van der Waals surface area contributed by atoms with Gasteiger partial charge >= 0.3 is 0 Å². The maximum atomic E-state index is 9.14. The van der Waals surface area contributed by atoms with Gasteiger partial charge in [-0.1, -0.05) is 24.3 Å². The summed E-state index contributed by atoms with van der Waals surface area (Å²) in [5.74, 6) is 0. The minimum absolute atomic E-state index is 0.0331. The smallest absolute Gasteiger partial charge is 0.101 e. The summed E-state index contributed by atoms with van der Waals surface area (Å²) in [6.07, 6.45) is 0. The molecule has 0 fully saturated rings. The van der Waals surface area contributed by atoms with Crippen molar-refractivity contribution in [3.63, 3.8) is 0 Å². The lowest BCUT2D eigenvalue weighted by Gasteiger charge is -2.21. The third-order valence-corrected chi connectivity index (χ3v) is 3.19. The first-order valence-electron chi connectivity index (χ1n) is 6.22. The van der Waals surface area contributed by atoms with Crippen molar-refractivity contribution < 1.29 is 0 Å². The van der Waals surface area contributed by atoms with E-state index in [4.69, 9.17) is 11.0 Å². The normalized spacial score (nSPS) is 11.7. The summed E-state index contributed by atoms with van der Waals surface area (Å²) in [4.78, 5) is 2.00. The molecule has 96 valence electrons. The van der Waals surface area contributed by atoms with Crippen LogP contribution in [0.5, 0.6) is 0 Å². The fourth-order valence-electron chi connectivity index (χ4n) is 2.00. The number of hydrogen-bond acceptors (Lipinski definition) is 3. The number of para-hydroxylation sites is 1. The van der Waals surface area contributed by atoms with Crippen LogP contribution in [0, 0.1) is 11.3 Å². The van der Waals surface area contributed by atoms with Crippen molar-refractivity contribution in [1.82, 2.24) is 0 Å². The van der Waals surface area contributed by atoms with E-state index in [9.17, 15) is 0 Å². The van der Waals surface area contributed by atoms with Crippen molar-refractivity contribution in [3.05, 3.63) is 59.7 Å². The molecule has 0 aliphatic rings. The average Bonchev–Trinajstić information content (AvgIpc) is 2.46. The van der Waals surface area contributed by atoms with E-state index in [0.29, 0.717) is 5.56 Å². The Morgan fingerprint density at radius 2 is 1.74 bits per heavy atom. The summed E-state index contributed by atoms with van der Waals surface area (Å²) in [7, 11) is 1.96. The first-order valence-corrected chi connectivity index (χ1v) is 6.22. The highest BCUT2D eigenvalue weighted by Crippen LogP contribution is 2.27. The lowest BCUT2D eigenvalue weighted by molar-refractivity contribution is 0.818. The van der Waals surface area contributed by atoms with Crippen LogP contribution in [0.2, 0.25) is 0 Å². The van der Waals surface area contributed by atoms with Crippen molar-refractivity contribution in [1.29, 1.82) is 5.26 Å². The lowest BCUT2D eigenvalue weighted by atomic mass is 10.1. The summed E-state index contributed by atoms with van der Waals surface area (Å²) in [5, 5.41) is 9.14. The maximum absolute atomic E-state index is 9.14. The quantitative estimate of drug-likeness (QED) is 0.910. The standard InChI is InChI=1S/C16H17N3/c1-12(18)13-7-9-15(10-8-13)19(2)16-6-4-3-5-14(16)11-17/h3-10,12H,18H2,1-2H3/t12-/m0/s1. The zero-order chi connectivity index (χ0) is 13.8. The van der Waals surface area contributed by atoms with E-state index in [2.05, 4.69) is 6.07 Å². The monoisotopic (exact) mass is 251 g/mol. The molecule has 0 saturated carbocycles. The van der Waals surface area contributed by atoms with Gasteiger partial charge in [0, 0.05) is 18.8 Å². The molecule has 19 heavy (non-hydrogen) atoms. The van der Waals surface area contributed by atoms with Crippen molar-refractivity contribution in [3.8, 4) is 6.07 Å². The van der Waals surface area contributed by atoms with Crippen LogP contribution >= 0.6 is 0 Å². The van der Waals surface area contributed by atoms with Crippen LogP contribution in [0.25, 0.3) is 0 Å². The molecular formula is C16H17N3. The van der Waals surface area contributed by atoms with E-state index < -0.39 is 0 Å². The number of hydrogen-bond donors (Lipinski definition) is 1. The van der Waals surface area contributed by atoms with Crippen LogP contribution in [0.15, 0.2) is 48.5 Å². The lowest BCUT2D eigenvalue weighted by Crippen LogP contribution is -2.11. The molecule has 2 aromatic rings. The van der Waals surface area contributed by atoms with Crippen LogP contribution in [0.4, 0.5) is 11.4 Å². The molecule has 0 aliphatic heterocycles. The van der Waals surface area contributed by atoms with E-state index in [-0.39, 0.29) is 6.04 Å². The number of nitrogens with two attached hydrogens (primary N) is 1. The molecule has 0 aliphatic carbocycles. The molecule has 0 amide bonds. The highest BCUT2D eigenvalue weighted by Gasteiger charge is 2.08. The second kappa shape index (κ2) is 5.55. The van der Waals surface area contributed by atoms with Crippen molar-refractivity contribution in [2.75, 3.05) is 11.9 Å². The van der Waals surface area contributed by atoms with Gasteiger partial charge in [0.15, 0.2) is 0 Å². The number of anilines is 2. The van der Waals surface area contributed by atoms with Gasteiger partial charge in [-0.15, -0.1) is 0 Å². The van der Waals surface area contributed by atoms with Crippen molar-refractivity contribution in [2.24, 2.45) is 5.73 Å². The molecule has 2 aromatic carbocycles. The molecule has 0 spiro atoms. The highest BCUT2D eigenvalue weighted by atomic mass is 15.1. The van der Waals surface area contributed by atoms with Gasteiger partial charge < -0.3 is 10.6 Å². The van der Waals surface area contributed by atoms with Gasteiger partial charge in [0.25, 0.3) is 0 Å². The second-order valence-corrected chi connectivity index (χ2v) is 4.57. The van der Waals surface area contributed by atoms with Gasteiger partial charge in [0.2, 0.25) is 0 Å². The molecule has 0 saturated heterocycles. The summed E-state index contributed by atoms with van der Waals surface area (Å²) in [6, 6.07) is 17.9. The van der Waals surface area contributed by atoms with E-state index >= 15 is 0 Å². The summed E-state index contributed by atoms with van der Waals surface area (Å²) < 4.78 is 0. The van der Waals surface area contributed by atoms with Crippen LogP contribution in [0.1, 0.15) is 24.1 Å². The van der Waals surface area contributed by atoms with E-state index in [1.807, 2.05) is 67.4 Å². The largest absolute Gasteiger partial charge is 0.344 e. The average molecular weight is 251 g/mol. The molecule has 1 atom stereocenters. The maximum Gasteiger partial charge on any atom is 0.101 e. The molecule has 0 radical (unpaired) electrons. The topological polar surface area (TPSA) is 53.0 Å². The Hall–Kier alpha value is -2.31. The molecule has 0 heterocycles. The van der Waals surface area contributed by atoms with Gasteiger partial charge in [-0.25, -0.2) is 0 Å². The fourth-order valence-corrected chi connectivity index (χ4v) is 2.00. The van der Waals surface area contributed by atoms with Gasteiger partial charge in [0.1, 0.15) is 6.07 Å². The van der Waals surface area contributed by atoms with Crippen LogP contribution < -0.4 is 10.6 Å². The van der Waals surface area contributed by atoms with Crippen molar-refractivity contribution >= 4 is 11.4 Å². The summed E-state index contributed by atoms with van der Waals surface area (Å²) >= 11 is 0. The Bertz CT molecular complexity index is 594. The van der Waals surface area contributed by atoms with E-state index in [1.54, 1.807) is 0 Å². The van der Waals surface area contributed by atoms with Crippen LogP contribution in [0.3, 0.4) is 0 Å². The van der Waals surface area contributed by atoms with Gasteiger partial charge in [-0.3, -0.25) is 0 Å². The summed E-state index contributed by atoms with van der Waals surface area (Å²) in [5.41, 5.74) is 9.55. The molecule has 0 bridgehead atoms. The first-order chi connectivity index (χ1) is 9.13. The molecule has 2 rings (SSSR count). The Morgan fingerprint density at radius 1 is 1.11 bits per heavy atom. The first kappa shape index (κ1) is 13.1. The van der Waals surface area contributed by atoms with Gasteiger partial charge in [0.05, 0.1) is 11.3 Å². The molecule has 3 nitrogen and oxygen atoms in total. The zero-order valence-electron chi connectivity index (χ0n) is 11.2. The van der Waals surface area contributed by atoms with Gasteiger partial charge in [-0.05, 0) is 36.8 Å². The summed E-state index contributed by atoms with van der Waals surface area (Å²) in [6.45, 7) is 1.96. The minimum Gasteiger partial charge on any atom is -0.344 e. The second-order valence-electron chi connectivity index (χ2n) is 4.57. The SMILES string of the molecule is C[C@H](N)c1ccc(N(C)c2ccccc2C#N)cc1. The highest BCUT2D eigenvalue weighted by molar-refractivity contribution is 5.68. The van der Waals surface area contributed by atoms with E-state index in [1.165, 1.54) is 0 Å². The third-order valence-electron chi connectivity index (χ3n) is 3.19. The third kappa shape index (κ3) is 2.75. The molecule has 0 unspecified atom stereocenters. The number of benzene rings is 2. The molecule has 2 N–H and O–H groups in total. The fraction of sp³-hybridized carbons (Fsp3) is 0.188. The number of nitrogens with zero attached hydrogens (tertiary/aromatic N) is 2. The Balaban J connectivity index is 2.34. The molecular weight excluding hydrogens is 234 g/mol. The zero-order valence-corrected chi connectivity index (χ0v) is 11.2. The van der Waals surface area contributed by atoms with Gasteiger partial charge in [-0.2, -0.15) is 5.26 Å². The number of rotatable bonds is 3. The van der Waals surface area contributed by atoms with Crippen molar-refractivity contribution in [2.45, 2.75) is 13.0 Å². The molecule has 3 heteroatoms. The van der Waals surface area contributed by atoms with E-state index in [0.717, 1.165) is 16.9 Å². The predicted octanol–water partition coefficient (Wildman–Crippen LogP) is 3.35. The predicted molar refractivity (Wildman–Crippen MR) is 78.3 cm³/mol.